The number of allylic oxidation sites excluding steroid dienone is 20. The Morgan fingerprint density at radius 1 is 0.259 bits per heavy atom. The average molecular weight is 1120 g/mol. The predicted octanol–water partition coefficient (Wildman–Crippen LogP) is 23.6. The number of ether oxygens (including phenoxy) is 3. The van der Waals surface area contributed by atoms with Crippen molar-refractivity contribution in [1.82, 2.24) is 0 Å². The van der Waals surface area contributed by atoms with Crippen LogP contribution in [0.1, 0.15) is 316 Å². The summed E-state index contributed by atoms with van der Waals surface area (Å²) in [4.78, 5) is 38.3. The summed E-state index contributed by atoms with van der Waals surface area (Å²) in [5, 5.41) is 0. The number of esters is 3. The summed E-state index contributed by atoms with van der Waals surface area (Å²) < 4.78 is 16.8. The molecule has 462 valence electrons. The first-order chi connectivity index (χ1) is 40.0. The van der Waals surface area contributed by atoms with E-state index in [9.17, 15) is 14.4 Å². The topological polar surface area (TPSA) is 78.9 Å². The molecule has 0 saturated carbocycles. The Morgan fingerprint density at radius 3 is 0.827 bits per heavy atom. The fourth-order valence-electron chi connectivity index (χ4n) is 9.42. The van der Waals surface area contributed by atoms with E-state index in [4.69, 9.17) is 14.2 Å². The number of hydrogen-bond donors (Lipinski definition) is 0. The third-order valence-corrected chi connectivity index (χ3v) is 14.4. The molecule has 0 rings (SSSR count). The Hall–Kier alpha value is -4.19. The quantitative estimate of drug-likeness (QED) is 0.0261. The SMILES string of the molecule is CC/C=C\C/C=C\C/C=C\C/C=C\CCCCCCC(=O)OC(COC(=O)CC/C=C\C/C=C\C/C=C\C/C=C\CC)COC(=O)CCCCCCCCCCCCCCCCCCCCCCC/C=C\C/C=C\CCCCCCC. The van der Waals surface area contributed by atoms with E-state index in [1.807, 2.05) is 6.08 Å². The number of carbonyl (C=O) groups is 3. The van der Waals surface area contributed by atoms with Crippen molar-refractivity contribution >= 4 is 17.9 Å². The maximum absolute atomic E-state index is 12.9. The van der Waals surface area contributed by atoms with Gasteiger partial charge in [0.1, 0.15) is 13.2 Å². The molecule has 0 N–H and O–H groups in total. The highest BCUT2D eigenvalue weighted by Gasteiger charge is 2.19. The van der Waals surface area contributed by atoms with E-state index >= 15 is 0 Å². The van der Waals surface area contributed by atoms with E-state index in [0.29, 0.717) is 12.8 Å². The van der Waals surface area contributed by atoms with Gasteiger partial charge in [0.25, 0.3) is 0 Å². The van der Waals surface area contributed by atoms with Gasteiger partial charge in [-0.25, -0.2) is 0 Å². The number of hydrogen-bond acceptors (Lipinski definition) is 6. The van der Waals surface area contributed by atoms with Gasteiger partial charge in [0, 0.05) is 19.3 Å². The third kappa shape index (κ3) is 66.5. The van der Waals surface area contributed by atoms with Crippen LogP contribution in [0.4, 0.5) is 0 Å². The van der Waals surface area contributed by atoms with E-state index in [1.54, 1.807) is 0 Å². The maximum Gasteiger partial charge on any atom is 0.306 e. The van der Waals surface area contributed by atoms with Gasteiger partial charge in [0.05, 0.1) is 0 Å². The first-order valence-electron chi connectivity index (χ1n) is 34.0. The Bertz CT molecular complexity index is 1670. The lowest BCUT2D eigenvalue weighted by Crippen LogP contribution is -2.30. The summed E-state index contributed by atoms with van der Waals surface area (Å²) in [5.74, 6) is -1.01. The first kappa shape index (κ1) is 76.8. The van der Waals surface area contributed by atoms with Gasteiger partial charge in [-0.15, -0.1) is 0 Å². The first-order valence-corrected chi connectivity index (χ1v) is 34.0. The van der Waals surface area contributed by atoms with Crippen LogP contribution >= 0.6 is 0 Å². The average Bonchev–Trinajstić information content (AvgIpc) is 3.46. The summed E-state index contributed by atoms with van der Waals surface area (Å²) in [7, 11) is 0. The van der Waals surface area contributed by atoms with Crippen molar-refractivity contribution < 1.29 is 28.6 Å². The Morgan fingerprint density at radius 2 is 0.506 bits per heavy atom. The van der Waals surface area contributed by atoms with E-state index < -0.39 is 6.10 Å². The molecule has 0 saturated heterocycles. The minimum Gasteiger partial charge on any atom is -0.462 e. The van der Waals surface area contributed by atoms with Crippen molar-refractivity contribution in [2.24, 2.45) is 0 Å². The van der Waals surface area contributed by atoms with Crippen molar-refractivity contribution in [3.05, 3.63) is 122 Å². The molecule has 0 aliphatic rings. The number of rotatable bonds is 61. The molecule has 0 amide bonds. The van der Waals surface area contributed by atoms with Crippen LogP contribution < -0.4 is 0 Å². The van der Waals surface area contributed by atoms with Crippen LogP contribution in [-0.2, 0) is 28.6 Å². The van der Waals surface area contributed by atoms with Crippen molar-refractivity contribution in [3.63, 3.8) is 0 Å². The molecule has 1 atom stereocenters. The normalized spacial score (nSPS) is 12.9. The second kappa shape index (κ2) is 68.3. The molecule has 0 aliphatic carbocycles. The third-order valence-electron chi connectivity index (χ3n) is 14.4. The van der Waals surface area contributed by atoms with Crippen molar-refractivity contribution in [2.45, 2.75) is 322 Å². The molecular weight excluding hydrogens is 997 g/mol. The molecule has 0 fully saturated rings. The summed E-state index contributed by atoms with van der Waals surface area (Å²) in [5.41, 5.74) is 0. The molecular formula is C75H126O6. The molecule has 0 bridgehead atoms. The van der Waals surface area contributed by atoms with Crippen LogP contribution in [0.3, 0.4) is 0 Å². The van der Waals surface area contributed by atoms with Gasteiger partial charge in [0.2, 0.25) is 0 Å². The molecule has 1 unspecified atom stereocenters. The molecule has 0 aliphatic heterocycles. The fourth-order valence-corrected chi connectivity index (χ4v) is 9.42. The molecule has 0 aromatic carbocycles. The summed E-state index contributed by atoms with van der Waals surface area (Å²) in [6.07, 6.45) is 95.4. The summed E-state index contributed by atoms with van der Waals surface area (Å²) in [6.45, 7) is 6.33. The highest BCUT2D eigenvalue weighted by Crippen LogP contribution is 2.17. The Balaban J connectivity index is 4.21. The van der Waals surface area contributed by atoms with Crippen molar-refractivity contribution in [1.29, 1.82) is 0 Å². The Kier molecular flexibility index (Phi) is 64.8. The molecule has 0 heterocycles. The zero-order valence-electron chi connectivity index (χ0n) is 53.0. The minimum atomic E-state index is -0.823. The van der Waals surface area contributed by atoms with Crippen molar-refractivity contribution in [2.75, 3.05) is 13.2 Å². The number of unbranched alkanes of at least 4 members (excludes halogenated alkanes) is 30. The van der Waals surface area contributed by atoms with Crippen LogP contribution in [-0.4, -0.2) is 37.2 Å². The van der Waals surface area contributed by atoms with E-state index in [1.165, 1.54) is 161 Å². The van der Waals surface area contributed by atoms with Gasteiger partial charge in [-0.3, -0.25) is 14.4 Å². The maximum atomic E-state index is 12.9. The van der Waals surface area contributed by atoms with Gasteiger partial charge >= 0.3 is 17.9 Å². The lowest BCUT2D eigenvalue weighted by atomic mass is 10.0. The number of carbonyl (C=O) groups excluding carboxylic acids is 3. The van der Waals surface area contributed by atoms with E-state index in [0.717, 1.165) is 109 Å². The molecule has 0 radical (unpaired) electrons. The Labute approximate surface area is 501 Å². The second-order valence-corrected chi connectivity index (χ2v) is 22.3. The lowest BCUT2D eigenvalue weighted by Gasteiger charge is -2.18. The van der Waals surface area contributed by atoms with Gasteiger partial charge in [-0.05, 0) is 116 Å². The van der Waals surface area contributed by atoms with E-state index in [2.05, 4.69) is 136 Å². The molecule has 0 aromatic rings. The van der Waals surface area contributed by atoms with Crippen LogP contribution in [0.5, 0.6) is 0 Å². The van der Waals surface area contributed by atoms with Gasteiger partial charge in [-0.1, -0.05) is 303 Å². The molecule has 81 heavy (non-hydrogen) atoms. The standard InChI is InChI=1S/C75H126O6/c1-4-7-10-13-16-19-22-25-27-29-30-31-32-33-34-35-36-37-38-39-40-41-42-43-44-46-47-50-53-56-59-62-65-68-74(77)80-71-72(70-79-73(76)67-64-61-58-55-52-49-24-21-18-15-12-9-6-3)81-75(78)69-66-63-60-57-54-51-48-45-28-26-23-20-17-14-11-8-5-2/h8-9,11-12,17-18,20-22,25-26,28-30,48-49,51-52,58,61,72H,4-7,10,13-16,19,23-24,27,31-47,50,53-57,59-60,62-71H2,1-3H3/b11-8-,12-9-,20-17-,21-18-,25-22-,28-26-,30-29-,51-48-,52-49-,61-58-. The predicted molar refractivity (Wildman–Crippen MR) is 353 cm³/mol. The molecule has 0 aromatic heterocycles. The monoisotopic (exact) mass is 1120 g/mol. The van der Waals surface area contributed by atoms with E-state index in [-0.39, 0.29) is 44.0 Å². The zero-order chi connectivity index (χ0) is 58.5. The highest BCUT2D eigenvalue weighted by molar-refractivity contribution is 5.71. The van der Waals surface area contributed by atoms with Crippen LogP contribution in [0.15, 0.2) is 122 Å². The summed E-state index contributed by atoms with van der Waals surface area (Å²) in [6, 6.07) is 0. The molecule has 0 spiro atoms. The van der Waals surface area contributed by atoms with Crippen LogP contribution in [0.25, 0.3) is 0 Å². The van der Waals surface area contributed by atoms with Gasteiger partial charge in [-0.2, -0.15) is 0 Å². The van der Waals surface area contributed by atoms with Crippen LogP contribution in [0.2, 0.25) is 0 Å². The zero-order valence-corrected chi connectivity index (χ0v) is 53.0. The minimum absolute atomic E-state index is 0.110. The van der Waals surface area contributed by atoms with Gasteiger partial charge < -0.3 is 14.2 Å². The van der Waals surface area contributed by atoms with Crippen molar-refractivity contribution in [3.8, 4) is 0 Å². The van der Waals surface area contributed by atoms with Gasteiger partial charge in [0.15, 0.2) is 6.10 Å². The highest BCUT2D eigenvalue weighted by atomic mass is 16.6. The lowest BCUT2D eigenvalue weighted by molar-refractivity contribution is -0.166. The second-order valence-electron chi connectivity index (χ2n) is 22.3. The van der Waals surface area contributed by atoms with Crippen LogP contribution in [0, 0.1) is 0 Å². The smallest absolute Gasteiger partial charge is 0.306 e. The molecule has 6 heteroatoms. The molecule has 6 nitrogen and oxygen atoms in total. The fraction of sp³-hybridized carbons (Fsp3) is 0.693. The largest absolute Gasteiger partial charge is 0.462 e. The summed E-state index contributed by atoms with van der Waals surface area (Å²) >= 11 is 0.